The van der Waals surface area contributed by atoms with Crippen molar-refractivity contribution < 1.29 is 4.74 Å². The molecule has 1 aliphatic heterocycles. The lowest BCUT2D eigenvalue weighted by Crippen LogP contribution is -2.32. The Labute approximate surface area is 96.1 Å². The number of hydrogen-bond acceptors (Lipinski definition) is 1. The van der Waals surface area contributed by atoms with Crippen LogP contribution in [0.3, 0.4) is 0 Å². The third-order valence-electron chi connectivity index (χ3n) is 2.83. The Bertz CT molecular complexity index is 584. The smallest absolute Gasteiger partial charge is 0.137 e. The van der Waals surface area contributed by atoms with Crippen LogP contribution in [0.1, 0.15) is 12.5 Å². The van der Waals surface area contributed by atoms with Crippen molar-refractivity contribution in [2.24, 2.45) is 0 Å². The molecule has 0 saturated heterocycles. The first-order valence-electron chi connectivity index (χ1n) is 5.35. The summed E-state index contributed by atoms with van der Waals surface area (Å²) in [5, 5.41) is 2.29. The van der Waals surface area contributed by atoms with E-state index >= 15 is 0 Å². The van der Waals surface area contributed by atoms with Crippen molar-refractivity contribution in [3.05, 3.63) is 48.0 Å². The van der Waals surface area contributed by atoms with Gasteiger partial charge in [0.25, 0.3) is 0 Å². The Morgan fingerprint density at radius 2 is 1.94 bits per heavy atom. The van der Waals surface area contributed by atoms with Crippen molar-refractivity contribution in [2.45, 2.75) is 12.4 Å². The van der Waals surface area contributed by atoms with E-state index in [1.807, 2.05) is 31.2 Å². The van der Waals surface area contributed by atoms with Crippen LogP contribution >= 0.6 is 0 Å². The Hall–Kier alpha value is -1.70. The van der Waals surface area contributed by atoms with Crippen LogP contribution in [0.4, 0.5) is 0 Å². The summed E-state index contributed by atoms with van der Waals surface area (Å²) in [4.78, 5) is 0. The van der Waals surface area contributed by atoms with Crippen molar-refractivity contribution >= 4 is 24.7 Å². The number of hydrogen-bond donors (Lipinski definition) is 0. The molecule has 2 radical (unpaired) electrons. The van der Waals surface area contributed by atoms with Crippen LogP contribution in [-0.4, -0.2) is 13.3 Å². The third kappa shape index (κ3) is 1.42. The molecule has 2 aromatic rings. The number of fused-ring (bicyclic) bond motifs is 3. The van der Waals surface area contributed by atoms with Gasteiger partial charge in [0.2, 0.25) is 0 Å². The molecule has 2 aromatic carbocycles. The first-order chi connectivity index (χ1) is 7.66. The molecule has 76 valence electrons. The summed E-state index contributed by atoms with van der Waals surface area (Å²) in [7, 11) is 5.97. The van der Waals surface area contributed by atoms with Crippen LogP contribution in [0.15, 0.2) is 42.5 Å². The van der Waals surface area contributed by atoms with E-state index in [0.29, 0.717) is 0 Å². The van der Waals surface area contributed by atoms with Crippen molar-refractivity contribution in [3.63, 3.8) is 0 Å². The molecule has 0 aliphatic carbocycles. The van der Waals surface area contributed by atoms with E-state index in [9.17, 15) is 0 Å². The second kappa shape index (κ2) is 3.15. The first kappa shape index (κ1) is 9.53. The van der Waals surface area contributed by atoms with E-state index in [4.69, 9.17) is 12.6 Å². The molecular weight excluding hydrogens is 195 g/mol. The van der Waals surface area contributed by atoms with Gasteiger partial charge in [0, 0.05) is 10.9 Å². The lowest BCUT2D eigenvalue weighted by Gasteiger charge is -2.29. The molecule has 0 aromatic heterocycles. The van der Waals surface area contributed by atoms with Gasteiger partial charge in [-0.15, -0.1) is 0 Å². The average molecular weight is 206 g/mol. The summed E-state index contributed by atoms with van der Waals surface area (Å²) >= 11 is 0. The largest absolute Gasteiger partial charge is 0.492 e. The van der Waals surface area contributed by atoms with Crippen LogP contribution in [0, 0.1) is 0 Å². The molecule has 0 fully saturated rings. The van der Waals surface area contributed by atoms with Gasteiger partial charge in [-0.05, 0) is 12.3 Å². The Kier molecular flexibility index (Phi) is 1.87. The maximum absolute atomic E-state index is 5.97. The maximum Gasteiger partial charge on any atom is 0.137 e. The molecule has 0 bridgehead atoms. The molecular formula is C14H11BO. The highest BCUT2D eigenvalue weighted by Crippen LogP contribution is 2.36. The minimum Gasteiger partial charge on any atom is -0.492 e. The van der Waals surface area contributed by atoms with Crippen LogP contribution < -0.4 is 4.74 Å². The van der Waals surface area contributed by atoms with Crippen molar-refractivity contribution in [1.29, 1.82) is 0 Å². The normalized spacial score (nSPS) is 22.8. The summed E-state index contributed by atoms with van der Waals surface area (Å²) in [6.45, 7) is 1.86. The fourth-order valence-corrected chi connectivity index (χ4v) is 2.01. The lowest BCUT2D eigenvalue weighted by atomic mass is 9.81. The molecule has 1 aliphatic rings. The Morgan fingerprint density at radius 3 is 2.81 bits per heavy atom. The number of ether oxygens (including phenoxy) is 1. The summed E-state index contributed by atoms with van der Waals surface area (Å²) in [5.41, 5.74) is 0.374. The fourth-order valence-electron chi connectivity index (χ4n) is 2.01. The topological polar surface area (TPSA) is 9.23 Å². The minimum absolute atomic E-state index is 0.711. The summed E-state index contributed by atoms with van der Waals surface area (Å²) in [6.07, 6.45) is 3.90. The Balaban J connectivity index is 2.31. The van der Waals surface area contributed by atoms with Gasteiger partial charge >= 0.3 is 0 Å². The minimum atomic E-state index is -0.711. The molecule has 1 atom stereocenters. The highest BCUT2D eigenvalue weighted by Gasteiger charge is 2.22. The first-order valence-corrected chi connectivity index (χ1v) is 5.35. The SMILES string of the molecule is [B]C1(C)C=Cc2ccc3ccccc3c2O1. The van der Waals surface area contributed by atoms with E-state index in [2.05, 4.69) is 24.3 Å². The van der Waals surface area contributed by atoms with Crippen molar-refractivity contribution in [2.75, 3.05) is 0 Å². The average Bonchev–Trinajstić information content (AvgIpc) is 2.28. The van der Waals surface area contributed by atoms with E-state index in [1.54, 1.807) is 0 Å². The zero-order chi connectivity index (χ0) is 11.2. The molecule has 1 unspecified atom stereocenters. The van der Waals surface area contributed by atoms with Crippen LogP contribution in [0.2, 0.25) is 0 Å². The maximum atomic E-state index is 5.97. The van der Waals surface area contributed by atoms with Gasteiger partial charge in [-0.2, -0.15) is 0 Å². The monoisotopic (exact) mass is 206 g/mol. The second-order valence-corrected chi connectivity index (χ2v) is 4.32. The van der Waals surface area contributed by atoms with Crippen molar-refractivity contribution in [1.82, 2.24) is 0 Å². The number of benzene rings is 2. The Morgan fingerprint density at radius 1 is 1.12 bits per heavy atom. The molecule has 2 heteroatoms. The second-order valence-electron chi connectivity index (χ2n) is 4.32. The molecule has 1 heterocycles. The molecule has 0 N–H and O–H groups in total. The van der Waals surface area contributed by atoms with Crippen LogP contribution in [0.5, 0.6) is 5.75 Å². The van der Waals surface area contributed by atoms with Crippen molar-refractivity contribution in [3.8, 4) is 5.75 Å². The lowest BCUT2D eigenvalue weighted by molar-refractivity contribution is 0.227. The number of rotatable bonds is 0. The van der Waals surface area contributed by atoms with E-state index in [-0.39, 0.29) is 0 Å². The quantitative estimate of drug-likeness (QED) is 0.601. The fraction of sp³-hybridized carbons (Fsp3) is 0.143. The molecule has 1 nitrogen and oxygen atoms in total. The van der Waals surface area contributed by atoms with Gasteiger partial charge in [-0.3, -0.25) is 0 Å². The summed E-state index contributed by atoms with van der Waals surface area (Å²) < 4.78 is 5.82. The molecule has 0 spiro atoms. The van der Waals surface area contributed by atoms with Gasteiger partial charge in [-0.1, -0.05) is 48.6 Å². The van der Waals surface area contributed by atoms with Crippen LogP contribution in [0.25, 0.3) is 16.8 Å². The van der Waals surface area contributed by atoms with E-state index < -0.39 is 5.50 Å². The molecule has 0 saturated carbocycles. The standard InChI is InChI=1S/C14H11BO/c1-14(15)9-8-11-7-6-10-4-2-3-5-12(10)13(11)16-14/h2-9H,1H3. The predicted octanol–water partition coefficient (Wildman–Crippen LogP) is 3.13. The van der Waals surface area contributed by atoms with E-state index in [0.717, 1.165) is 16.7 Å². The summed E-state index contributed by atoms with van der Waals surface area (Å²) in [6, 6.07) is 12.3. The predicted molar refractivity (Wildman–Crippen MR) is 67.8 cm³/mol. The zero-order valence-corrected chi connectivity index (χ0v) is 9.10. The van der Waals surface area contributed by atoms with Crippen LogP contribution in [-0.2, 0) is 0 Å². The molecule has 0 amide bonds. The highest BCUT2D eigenvalue weighted by molar-refractivity contribution is 6.16. The van der Waals surface area contributed by atoms with Gasteiger partial charge in [0.1, 0.15) is 13.6 Å². The van der Waals surface area contributed by atoms with Gasteiger partial charge in [-0.25, -0.2) is 0 Å². The highest BCUT2D eigenvalue weighted by atomic mass is 16.5. The molecule has 3 rings (SSSR count). The van der Waals surface area contributed by atoms with Gasteiger partial charge in [0.15, 0.2) is 0 Å². The molecule has 16 heavy (non-hydrogen) atoms. The van der Waals surface area contributed by atoms with Gasteiger partial charge < -0.3 is 4.74 Å². The van der Waals surface area contributed by atoms with Gasteiger partial charge in [0.05, 0.1) is 5.50 Å². The summed E-state index contributed by atoms with van der Waals surface area (Å²) in [5.74, 6) is 0.880. The third-order valence-corrected chi connectivity index (χ3v) is 2.83. The van der Waals surface area contributed by atoms with E-state index in [1.165, 1.54) is 5.39 Å². The zero-order valence-electron chi connectivity index (χ0n) is 9.10.